The lowest BCUT2D eigenvalue weighted by atomic mass is 9.68. The van der Waals surface area contributed by atoms with Crippen LogP contribution in [0.15, 0.2) is 36.4 Å². The van der Waals surface area contributed by atoms with E-state index in [1.165, 1.54) is 12.1 Å². The summed E-state index contributed by atoms with van der Waals surface area (Å²) >= 11 is 0. The first-order valence-electron chi connectivity index (χ1n) is 10.7. The van der Waals surface area contributed by atoms with Crippen LogP contribution < -0.4 is 15.0 Å². The topological polar surface area (TPSA) is 54.5 Å². The Hall–Kier alpha value is -2.63. The minimum absolute atomic E-state index is 0.0615. The Morgan fingerprint density at radius 1 is 1.30 bits per heavy atom. The third kappa shape index (κ3) is 3.75. The maximum Gasteiger partial charge on any atom is 0.227 e. The van der Waals surface area contributed by atoms with E-state index in [0.717, 1.165) is 29.9 Å². The molecule has 0 radical (unpaired) electrons. The molecule has 1 N–H and O–H groups in total. The number of hydrogen-bond donors (Lipinski definition) is 1. The van der Waals surface area contributed by atoms with Gasteiger partial charge in [0.05, 0.1) is 12.1 Å². The van der Waals surface area contributed by atoms with Gasteiger partial charge in [-0.25, -0.2) is 4.98 Å². The fraction of sp³-hybridized carbons (Fsp3) is 0.500. The highest BCUT2D eigenvalue weighted by molar-refractivity contribution is 5.86. The normalized spacial score (nSPS) is 24.3. The molecular weight excluding hydrogens is 381 g/mol. The average molecular weight is 412 g/mol. The smallest absolute Gasteiger partial charge is 0.227 e. The maximum atomic E-state index is 13.5. The summed E-state index contributed by atoms with van der Waals surface area (Å²) in [6.45, 7) is 8.38. The van der Waals surface area contributed by atoms with Crippen molar-refractivity contribution in [2.75, 3.05) is 31.2 Å². The predicted molar refractivity (Wildman–Crippen MR) is 116 cm³/mol. The highest BCUT2D eigenvalue weighted by atomic mass is 19.1. The summed E-state index contributed by atoms with van der Waals surface area (Å²) in [5, 5.41) is 2.83. The van der Waals surface area contributed by atoms with Crippen molar-refractivity contribution in [2.24, 2.45) is 11.3 Å². The second-order valence-corrected chi connectivity index (χ2v) is 8.74. The van der Waals surface area contributed by atoms with Crippen molar-refractivity contribution in [1.29, 1.82) is 0 Å². The Balaban J connectivity index is 1.43. The summed E-state index contributed by atoms with van der Waals surface area (Å²) in [5.74, 6) is 0.202. The molecule has 0 aliphatic carbocycles. The van der Waals surface area contributed by atoms with Crippen molar-refractivity contribution >= 4 is 11.6 Å². The van der Waals surface area contributed by atoms with Crippen molar-refractivity contribution in [2.45, 2.75) is 39.7 Å². The first kappa shape index (κ1) is 20.6. The van der Waals surface area contributed by atoms with E-state index >= 15 is 0 Å². The molecule has 4 rings (SSSR count). The van der Waals surface area contributed by atoms with Crippen LogP contribution in [0, 0.1) is 18.3 Å². The number of nitrogens with zero attached hydrogens (tertiary/aromatic N) is 2. The zero-order valence-electron chi connectivity index (χ0n) is 18.0. The van der Waals surface area contributed by atoms with Crippen LogP contribution in [0.2, 0.25) is 0 Å². The first-order valence-corrected chi connectivity index (χ1v) is 10.7. The SMILES string of the molecule is Cc1cc(N2CCC2)cc(OCc2ccc(C(C)[C@@]3(C)C(=O)NC[C@@H]3CF)cc2)n1. The monoisotopic (exact) mass is 411 g/mol. The lowest BCUT2D eigenvalue weighted by Gasteiger charge is -2.33. The summed E-state index contributed by atoms with van der Waals surface area (Å²) in [6, 6.07) is 12.2. The van der Waals surface area contributed by atoms with Crippen LogP contribution in [-0.4, -0.2) is 37.2 Å². The molecule has 160 valence electrons. The molecule has 3 atom stereocenters. The molecule has 0 spiro atoms. The molecule has 1 aromatic carbocycles. The van der Waals surface area contributed by atoms with Crippen molar-refractivity contribution in [3.8, 4) is 5.88 Å². The predicted octanol–water partition coefficient (Wildman–Crippen LogP) is 4.00. The van der Waals surface area contributed by atoms with E-state index in [-0.39, 0.29) is 17.7 Å². The number of anilines is 1. The molecular formula is C24H30FN3O2. The molecule has 0 saturated carbocycles. The summed E-state index contributed by atoms with van der Waals surface area (Å²) in [5.41, 5.74) is 3.45. The summed E-state index contributed by atoms with van der Waals surface area (Å²) < 4.78 is 19.4. The molecule has 0 bridgehead atoms. The van der Waals surface area contributed by atoms with Crippen molar-refractivity contribution in [3.05, 3.63) is 53.2 Å². The minimum atomic E-state index is -0.731. The molecule has 1 unspecified atom stereocenters. The zero-order valence-corrected chi connectivity index (χ0v) is 18.0. The molecule has 2 aliphatic heterocycles. The highest BCUT2D eigenvalue weighted by Gasteiger charge is 2.50. The third-order valence-electron chi connectivity index (χ3n) is 6.93. The molecule has 5 nitrogen and oxygen atoms in total. The van der Waals surface area contributed by atoms with Gasteiger partial charge in [0.1, 0.15) is 6.61 Å². The minimum Gasteiger partial charge on any atom is -0.473 e. The fourth-order valence-electron chi connectivity index (χ4n) is 4.43. The standard InChI is InChI=1S/C24H30FN3O2/c1-16-11-21(28-9-4-10-28)12-22(27-16)30-15-18-5-7-19(8-6-18)17(2)24(3)20(13-25)14-26-23(24)29/h5-8,11-12,17,20H,4,9-10,13-15H2,1-3H3,(H,26,29)/t17?,20-,24+/m0/s1. The van der Waals surface area contributed by atoms with Gasteiger partial charge in [-0.2, -0.15) is 0 Å². The van der Waals surface area contributed by atoms with Gasteiger partial charge < -0.3 is 15.0 Å². The van der Waals surface area contributed by atoms with Crippen molar-refractivity contribution in [1.82, 2.24) is 10.3 Å². The number of aryl methyl sites for hydroxylation is 1. The van der Waals surface area contributed by atoms with Crippen LogP contribution in [0.3, 0.4) is 0 Å². The van der Waals surface area contributed by atoms with Gasteiger partial charge in [-0.05, 0) is 43.4 Å². The van der Waals surface area contributed by atoms with Crippen LogP contribution in [0.1, 0.15) is 43.0 Å². The van der Waals surface area contributed by atoms with Gasteiger partial charge in [-0.1, -0.05) is 31.2 Å². The quantitative estimate of drug-likeness (QED) is 0.748. The van der Waals surface area contributed by atoms with E-state index in [4.69, 9.17) is 4.74 Å². The van der Waals surface area contributed by atoms with Crippen molar-refractivity contribution in [3.63, 3.8) is 0 Å². The number of aromatic nitrogens is 1. The molecule has 1 aromatic heterocycles. The summed E-state index contributed by atoms with van der Waals surface area (Å²) in [7, 11) is 0. The Morgan fingerprint density at radius 3 is 2.67 bits per heavy atom. The molecule has 6 heteroatoms. The lowest BCUT2D eigenvalue weighted by Crippen LogP contribution is -2.37. The number of alkyl halides is 1. The Kier molecular flexibility index (Phi) is 5.67. The molecule has 1 amide bonds. The van der Waals surface area contributed by atoms with E-state index in [2.05, 4.69) is 21.3 Å². The number of carbonyl (C=O) groups is 1. The van der Waals surface area contributed by atoms with E-state index in [1.54, 1.807) is 0 Å². The number of pyridine rings is 1. The maximum absolute atomic E-state index is 13.5. The Bertz CT molecular complexity index is 913. The third-order valence-corrected chi connectivity index (χ3v) is 6.93. The second-order valence-electron chi connectivity index (χ2n) is 8.74. The molecule has 3 heterocycles. The number of rotatable bonds is 7. The van der Waals surface area contributed by atoms with Crippen LogP contribution in [-0.2, 0) is 11.4 Å². The molecule has 2 saturated heterocycles. The number of benzene rings is 1. The van der Waals surface area contributed by atoms with E-state index in [1.807, 2.05) is 51.1 Å². The van der Waals surface area contributed by atoms with Gasteiger partial charge in [-0.3, -0.25) is 9.18 Å². The number of ether oxygens (including phenoxy) is 1. The zero-order chi connectivity index (χ0) is 21.3. The second kappa shape index (κ2) is 8.25. The average Bonchev–Trinajstić information content (AvgIpc) is 2.99. The van der Waals surface area contributed by atoms with Gasteiger partial charge in [0.25, 0.3) is 0 Å². The van der Waals surface area contributed by atoms with Crippen LogP contribution in [0.4, 0.5) is 10.1 Å². The Morgan fingerprint density at radius 2 is 2.03 bits per heavy atom. The molecule has 2 aliphatic rings. The number of halogens is 1. The summed E-state index contributed by atoms with van der Waals surface area (Å²) in [6.07, 6.45) is 1.23. The van der Waals surface area contributed by atoms with Crippen LogP contribution >= 0.6 is 0 Å². The van der Waals surface area contributed by atoms with E-state index < -0.39 is 12.1 Å². The van der Waals surface area contributed by atoms with Crippen molar-refractivity contribution < 1.29 is 13.9 Å². The number of nitrogens with one attached hydrogen (secondary N) is 1. The van der Waals surface area contributed by atoms with E-state index in [9.17, 15) is 9.18 Å². The molecule has 30 heavy (non-hydrogen) atoms. The van der Waals surface area contributed by atoms with Crippen LogP contribution in [0.25, 0.3) is 0 Å². The van der Waals surface area contributed by atoms with Gasteiger partial charge >= 0.3 is 0 Å². The van der Waals surface area contributed by atoms with Gasteiger partial charge in [0, 0.05) is 43.0 Å². The number of amides is 1. The van der Waals surface area contributed by atoms with Gasteiger partial charge in [0.15, 0.2) is 0 Å². The first-order chi connectivity index (χ1) is 14.4. The number of hydrogen-bond acceptors (Lipinski definition) is 4. The highest BCUT2D eigenvalue weighted by Crippen LogP contribution is 2.45. The van der Waals surface area contributed by atoms with Crippen LogP contribution in [0.5, 0.6) is 5.88 Å². The largest absolute Gasteiger partial charge is 0.473 e. The Labute approximate surface area is 177 Å². The fourth-order valence-corrected chi connectivity index (χ4v) is 4.43. The molecule has 2 aromatic rings. The molecule has 2 fully saturated rings. The van der Waals surface area contributed by atoms with Gasteiger partial charge in [0.2, 0.25) is 11.8 Å². The van der Waals surface area contributed by atoms with E-state index in [0.29, 0.717) is 19.0 Å². The van der Waals surface area contributed by atoms with Gasteiger partial charge in [-0.15, -0.1) is 0 Å². The summed E-state index contributed by atoms with van der Waals surface area (Å²) in [4.78, 5) is 19.2. The number of carbonyl (C=O) groups excluding carboxylic acids is 1. The lowest BCUT2D eigenvalue weighted by molar-refractivity contribution is -0.129.